The number of likely N-dealkylation sites (tertiary alicyclic amines) is 1. The topological polar surface area (TPSA) is 40.5 Å². The zero-order valence-electron chi connectivity index (χ0n) is 11.1. The smallest absolute Gasteiger partial charge is 0.256 e. The van der Waals surface area contributed by atoms with Crippen LogP contribution in [0.25, 0.3) is 0 Å². The number of amides is 1. The molecule has 1 aromatic rings. The molecule has 1 amide bonds. The van der Waals surface area contributed by atoms with Gasteiger partial charge in [0.15, 0.2) is 17.5 Å². The first-order valence-corrected chi connectivity index (χ1v) is 6.56. The Balaban J connectivity index is 2.22. The van der Waals surface area contributed by atoms with Gasteiger partial charge in [-0.1, -0.05) is 6.92 Å². The summed E-state index contributed by atoms with van der Waals surface area (Å²) in [6.07, 6.45) is 0.597. The number of nitrogens with zero attached hydrogens (tertiary/aromatic N) is 1. The first-order chi connectivity index (χ1) is 9.45. The predicted molar refractivity (Wildman–Crippen MR) is 66.6 cm³/mol. The number of aliphatic hydroxyl groups excluding tert-OH is 1. The van der Waals surface area contributed by atoms with Crippen molar-refractivity contribution < 1.29 is 23.1 Å². The average molecular weight is 287 g/mol. The minimum atomic E-state index is -1.64. The Morgan fingerprint density at radius 1 is 1.35 bits per heavy atom. The first-order valence-electron chi connectivity index (χ1n) is 6.56. The van der Waals surface area contributed by atoms with Gasteiger partial charge in [-0.2, -0.15) is 0 Å². The van der Waals surface area contributed by atoms with Gasteiger partial charge < -0.3 is 10.0 Å². The van der Waals surface area contributed by atoms with Gasteiger partial charge in [-0.15, -0.1) is 0 Å². The fourth-order valence-corrected chi connectivity index (χ4v) is 2.47. The summed E-state index contributed by atoms with van der Waals surface area (Å²) in [5, 5.41) is 9.75. The van der Waals surface area contributed by atoms with E-state index in [1.54, 1.807) is 0 Å². The van der Waals surface area contributed by atoms with Crippen LogP contribution < -0.4 is 0 Å². The third-order valence-corrected chi connectivity index (χ3v) is 3.77. The second-order valence-corrected chi connectivity index (χ2v) is 5.00. The zero-order chi connectivity index (χ0) is 14.9. The molecule has 1 saturated heterocycles. The Bertz CT molecular complexity index is 521. The Kier molecular flexibility index (Phi) is 4.32. The summed E-state index contributed by atoms with van der Waals surface area (Å²) in [5.74, 6) is -5.18. The Hall–Kier alpha value is -1.56. The van der Waals surface area contributed by atoms with Crippen molar-refractivity contribution in [3.05, 3.63) is 35.1 Å². The fraction of sp³-hybridized carbons (Fsp3) is 0.500. The van der Waals surface area contributed by atoms with Crippen molar-refractivity contribution in [3.8, 4) is 0 Å². The van der Waals surface area contributed by atoms with Gasteiger partial charge in [0, 0.05) is 19.0 Å². The zero-order valence-corrected chi connectivity index (χ0v) is 11.1. The lowest BCUT2D eigenvalue weighted by atomic mass is 9.92. The predicted octanol–water partition coefficient (Wildman–Crippen LogP) is 2.34. The van der Waals surface area contributed by atoms with Gasteiger partial charge in [-0.3, -0.25) is 4.79 Å². The molecule has 0 aliphatic carbocycles. The lowest BCUT2D eigenvalue weighted by molar-refractivity contribution is 0.0226. The standard InChI is InChI=1S/C14H16F3NO2/c1-2-8-7-18(6-5-11(8)19)14(20)9-3-4-10(15)13(17)12(9)16/h3-4,8,11,19H,2,5-7H2,1H3. The van der Waals surface area contributed by atoms with Crippen LogP contribution in [0.5, 0.6) is 0 Å². The highest BCUT2D eigenvalue weighted by atomic mass is 19.2. The first kappa shape index (κ1) is 14.8. The molecule has 0 aromatic heterocycles. The second-order valence-electron chi connectivity index (χ2n) is 5.00. The number of carbonyl (C=O) groups is 1. The van der Waals surface area contributed by atoms with Crippen LogP contribution in [0.15, 0.2) is 12.1 Å². The van der Waals surface area contributed by atoms with Crippen molar-refractivity contribution in [2.45, 2.75) is 25.9 Å². The van der Waals surface area contributed by atoms with E-state index in [-0.39, 0.29) is 19.0 Å². The van der Waals surface area contributed by atoms with Crippen LogP contribution in [0.2, 0.25) is 0 Å². The van der Waals surface area contributed by atoms with E-state index in [4.69, 9.17) is 0 Å². The van der Waals surface area contributed by atoms with E-state index in [0.717, 1.165) is 12.1 Å². The van der Waals surface area contributed by atoms with Gasteiger partial charge in [0.25, 0.3) is 5.91 Å². The number of rotatable bonds is 2. The molecule has 6 heteroatoms. The largest absolute Gasteiger partial charge is 0.393 e. The number of halogens is 3. The fourth-order valence-electron chi connectivity index (χ4n) is 2.47. The average Bonchev–Trinajstić information content (AvgIpc) is 2.45. The third kappa shape index (κ3) is 2.65. The van der Waals surface area contributed by atoms with Crippen LogP contribution in [0, 0.1) is 23.4 Å². The van der Waals surface area contributed by atoms with Crippen LogP contribution in [0.1, 0.15) is 30.1 Å². The monoisotopic (exact) mass is 287 g/mol. The van der Waals surface area contributed by atoms with Gasteiger partial charge in [0.1, 0.15) is 0 Å². The van der Waals surface area contributed by atoms with E-state index < -0.39 is 35.0 Å². The van der Waals surface area contributed by atoms with E-state index in [9.17, 15) is 23.1 Å². The van der Waals surface area contributed by atoms with Crippen molar-refractivity contribution >= 4 is 5.91 Å². The number of hydrogen-bond donors (Lipinski definition) is 1. The number of piperidine rings is 1. The summed E-state index contributed by atoms with van der Waals surface area (Å²) >= 11 is 0. The third-order valence-electron chi connectivity index (χ3n) is 3.77. The molecule has 1 heterocycles. The molecule has 3 nitrogen and oxygen atoms in total. The number of carbonyl (C=O) groups excluding carboxylic acids is 1. The van der Waals surface area contributed by atoms with Crippen molar-refractivity contribution in [3.63, 3.8) is 0 Å². The molecule has 2 unspecified atom stereocenters. The maximum Gasteiger partial charge on any atom is 0.256 e. The van der Waals surface area contributed by atoms with Crippen LogP contribution in [0.4, 0.5) is 13.2 Å². The quantitative estimate of drug-likeness (QED) is 0.848. The molecule has 1 aliphatic heterocycles. The Morgan fingerprint density at radius 3 is 2.70 bits per heavy atom. The van der Waals surface area contributed by atoms with Gasteiger partial charge in [-0.25, -0.2) is 13.2 Å². The summed E-state index contributed by atoms with van der Waals surface area (Å²) in [6.45, 7) is 2.45. The molecule has 2 atom stereocenters. The molecule has 1 fully saturated rings. The maximum absolute atomic E-state index is 13.6. The van der Waals surface area contributed by atoms with Crippen LogP contribution in [-0.2, 0) is 0 Å². The van der Waals surface area contributed by atoms with E-state index in [1.807, 2.05) is 6.92 Å². The van der Waals surface area contributed by atoms with E-state index >= 15 is 0 Å². The van der Waals surface area contributed by atoms with Gasteiger partial charge in [-0.05, 0) is 25.0 Å². The molecule has 0 radical (unpaired) electrons. The molecule has 0 spiro atoms. The highest BCUT2D eigenvalue weighted by Crippen LogP contribution is 2.23. The molecular formula is C14H16F3NO2. The Morgan fingerprint density at radius 2 is 2.05 bits per heavy atom. The molecule has 0 saturated carbocycles. The summed E-state index contributed by atoms with van der Waals surface area (Å²) in [5.41, 5.74) is -0.477. The van der Waals surface area contributed by atoms with Crippen molar-refractivity contribution in [1.29, 1.82) is 0 Å². The molecule has 1 aliphatic rings. The molecule has 2 rings (SSSR count). The lowest BCUT2D eigenvalue weighted by Gasteiger charge is -2.35. The van der Waals surface area contributed by atoms with Gasteiger partial charge in [0.05, 0.1) is 11.7 Å². The minimum absolute atomic E-state index is 0.0824. The van der Waals surface area contributed by atoms with E-state index in [0.29, 0.717) is 12.8 Å². The van der Waals surface area contributed by atoms with Crippen LogP contribution in [0.3, 0.4) is 0 Å². The van der Waals surface area contributed by atoms with Crippen LogP contribution >= 0.6 is 0 Å². The highest BCUT2D eigenvalue weighted by molar-refractivity contribution is 5.94. The Labute approximate surface area is 115 Å². The SMILES string of the molecule is CCC1CN(C(=O)c2ccc(F)c(F)c2F)CCC1O. The molecular weight excluding hydrogens is 271 g/mol. The van der Waals surface area contributed by atoms with Crippen molar-refractivity contribution in [1.82, 2.24) is 4.90 Å². The molecule has 1 aromatic carbocycles. The summed E-state index contributed by atoms with van der Waals surface area (Å²) < 4.78 is 39.6. The minimum Gasteiger partial charge on any atom is -0.393 e. The van der Waals surface area contributed by atoms with Gasteiger partial charge >= 0.3 is 0 Å². The van der Waals surface area contributed by atoms with E-state index in [1.165, 1.54) is 4.90 Å². The molecule has 20 heavy (non-hydrogen) atoms. The maximum atomic E-state index is 13.6. The second kappa shape index (κ2) is 5.83. The number of hydrogen-bond acceptors (Lipinski definition) is 2. The summed E-state index contributed by atoms with van der Waals surface area (Å²) in [7, 11) is 0. The molecule has 0 bridgehead atoms. The van der Waals surface area contributed by atoms with Crippen molar-refractivity contribution in [2.75, 3.05) is 13.1 Å². The van der Waals surface area contributed by atoms with Gasteiger partial charge in [0.2, 0.25) is 0 Å². The lowest BCUT2D eigenvalue weighted by Crippen LogP contribution is -2.46. The van der Waals surface area contributed by atoms with Crippen LogP contribution in [-0.4, -0.2) is 35.1 Å². The van der Waals surface area contributed by atoms with Crippen molar-refractivity contribution in [2.24, 2.45) is 5.92 Å². The molecule has 1 N–H and O–H groups in total. The summed E-state index contributed by atoms with van der Waals surface area (Å²) in [6, 6.07) is 1.68. The number of benzene rings is 1. The highest BCUT2D eigenvalue weighted by Gasteiger charge is 2.31. The number of aliphatic hydroxyl groups is 1. The normalized spacial score (nSPS) is 22.9. The molecule has 110 valence electrons. The van der Waals surface area contributed by atoms with E-state index in [2.05, 4.69) is 0 Å². The summed E-state index contributed by atoms with van der Waals surface area (Å²) in [4.78, 5) is 13.5.